The third-order valence-electron chi connectivity index (χ3n) is 5.76. The van der Waals surface area contributed by atoms with Gasteiger partial charge in [-0.3, -0.25) is 9.59 Å². The van der Waals surface area contributed by atoms with Crippen molar-refractivity contribution in [2.45, 2.75) is 38.5 Å². The minimum atomic E-state index is -2.58. The molecular formula is C21H23F3N4O3. The molecule has 1 fully saturated rings. The van der Waals surface area contributed by atoms with Gasteiger partial charge in [0.05, 0.1) is 31.7 Å². The Morgan fingerprint density at radius 3 is 2.58 bits per heavy atom. The quantitative estimate of drug-likeness (QED) is 0.782. The molecule has 1 atom stereocenters. The van der Waals surface area contributed by atoms with E-state index in [1.165, 1.54) is 12.1 Å². The number of carbonyl (C=O) groups is 2. The molecule has 1 saturated heterocycles. The van der Waals surface area contributed by atoms with Crippen LogP contribution in [0.15, 0.2) is 30.6 Å². The van der Waals surface area contributed by atoms with Gasteiger partial charge in [-0.1, -0.05) is 12.1 Å². The van der Waals surface area contributed by atoms with Crippen LogP contribution in [0.25, 0.3) is 0 Å². The maximum atomic E-state index is 13.2. The van der Waals surface area contributed by atoms with Crippen LogP contribution in [0.3, 0.4) is 0 Å². The molecule has 1 aromatic carbocycles. The SMILES string of the molecule is O=C(NCC(F)F)C1CCN(C(=O)c2ncn3c2CO[C@@H](c2ccc(F)cc2)C3)CC1. The summed E-state index contributed by atoms with van der Waals surface area (Å²) in [5.74, 6) is -1.32. The minimum Gasteiger partial charge on any atom is -0.365 e. The van der Waals surface area contributed by atoms with Crippen molar-refractivity contribution in [3.8, 4) is 0 Å². The van der Waals surface area contributed by atoms with Crippen LogP contribution in [0.4, 0.5) is 13.2 Å². The molecule has 0 spiro atoms. The van der Waals surface area contributed by atoms with Crippen molar-refractivity contribution in [3.63, 3.8) is 0 Å². The van der Waals surface area contributed by atoms with Crippen LogP contribution in [0.1, 0.15) is 40.7 Å². The minimum absolute atomic E-state index is 0.204. The molecule has 3 heterocycles. The molecule has 0 aliphatic carbocycles. The molecule has 2 aliphatic heterocycles. The van der Waals surface area contributed by atoms with Crippen molar-refractivity contribution in [2.75, 3.05) is 19.6 Å². The summed E-state index contributed by atoms with van der Waals surface area (Å²) in [6.45, 7) is 0.731. The molecule has 2 aliphatic rings. The lowest BCUT2D eigenvalue weighted by molar-refractivity contribution is -0.126. The number of rotatable bonds is 5. The lowest BCUT2D eigenvalue weighted by Crippen LogP contribution is -2.44. The van der Waals surface area contributed by atoms with Crippen molar-refractivity contribution in [1.29, 1.82) is 0 Å². The van der Waals surface area contributed by atoms with Crippen LogP contribution in [-0.2, 0) is 22.7 Å². The zero-order valence-electron chi connectivity index (χ0n) is 16.8. The topological polar surface area (TPSA) is 76.5 Å². The average Bonchev–Trinajstić information content (AvgIpc) is 3.21. The molecule has 0 saturated carbocycles. The highest BCUT2D eigenvalue weighted by Crippen LogP contribution is 2.29. The second-order valence-corrected chi connectivity index (χ2v) is 7.75. The first-order chi connectivity index (χ1) is 14.9. The largest absolute Gasteiger partial charge is 0.365 e. The summed E-state index contributed by atoms with van der Waals surface area (Å²) in [5, 5.41) is 2.24. The lowest BCUT2D eigenvalue weighted by Gasteiger charge is -2.31. The molecule has 10 heteroatoms. The van der Waals surface area contributed by atoms with Gasteiger partial charge in [0, 0.05) is 19.0 Å². The Morgan fingerprint density at radius 1 is 1.19 bits per heavy atom. The number of nitrogens with zero attached hydrogens (tertiary/aromatic N) is 3. The zero-order chi connectivity index (χ0) is 22.0. The third-order valence-corrected chi connectivity index (χ3v) is 5.76. The Morgan fingerprint density at radius 2 is 1.90 bits per heavy atom. The first-order valence-corrected chi connectivity index (χ1v) is 10.2. The number of imidazole rings is 1. The second kappa shape index (κ2) is 9.09. The van der Waals surface area contributed by atoms with Gasteiger partial charge in [-0.05, 0) is 30.5 Å². The van der Waals surface area contributed by atoms with Gasteiger partial charge in [-0.25, -0.2) is 18.2 Å². The van der Waals surface area contributed by atoms with E-state index in [1.54, 1.807) is 23.4 Å². The Balaban J connectivity index is 1.36. The van der Waals surface area contributed by atoms with Crippen LogP contribution in [0.2, 0.25) is 0 Å². The molecule has 4 rings (SSSR count). The summed E-state index contributed by atoms with van der Waals surface area (Å²) in [4.78, 5) is 30.8. The standard InChI is InChI=1S/C21H23F3N4O3/c22-15-3-1-13(2-4-15)17-10-28-12-26-19(16(28)11-31-17)21(30)27-7-5-14(6-8-27)20(29)25-9-18(23)24/h1-4,12,14,17-18H,5-11H2,(H,25,29)/t17-/m1/s1. The van der Waals surface area contributed by atoms with E-state index < -0.39 is 18.9 Å². The average molecular weight is 436 g/mol. The first-order valence-electron chi connectivity index (χ1n) is 10.2. The maximum absolute atomic E-state index is 13.2. The fraction of sp³-hybridized carbons (Fsp3) is 0.476. The number of halogens is 3. The summed E-state index contributed by atoms with van der Waals surface area (Å²) < 4.78 is 45.4. The predicted octanol–water partition coefficient (Wildman–Crippen LogP) is 2.53. The summed E-state index contributed by atoms with van der Waals surface area (Å²) in [6, 6.07) is 6.12. The van der Waals surface area contributed by atoms with Gasteiger partial charge in [0.1, 0.15) is 11.9 Å². The molecule has 0 bridgehead atoms. The Kier molecular flexibility index (Phi) is 6.26. The normalized spacial score (nSPS) is 19.4. The number of alkyl halides is 2. The number of hydrogen-bond acceptors (Lipinski definition) is 4. The highest BCUT2D eigenvalue weighted by molar-refractivity contribution is 5.93. The molecule has 1 N–H and O–H groups in total. The maximum Gasteiger partial charge on any atom is 0.274 e. The predicted molar refractivity (Wildman–Crippen MR) is 104 cm³/mol. The number of fused-ring (bicyclic) bond motifs is 1. The molecule has 0 unspecified atom stereocenters. The van der Waals surface area contributed by atoms with E-state index in [4.69, 9.17) is 4.74 Å². The van der Waals surface area contributed by atoms with Crippen LogP contribution in [0, 0.1) is 11.7 Å². The molecule has 166 valence electrons. The van der Waals surface area contributed by atoms with Crippen molar-refractivity contribution >= 4 is 11.8 Å². The van der Waals surface area contributed by atoms with Gasteiger partial charge in [0.25, 0.3) is 12.3 Å². The van der Waals surface area contributed by atoms with E-state index in [0.29, 0.717) is 43.9 Å². The fourth-order valence-corrected chi connectivity index (χ4v) is 4.00. The number of hydrogen-bond donors (Lipinski definition) is 1. The number of nitrogens with one attached hydrogen (secondary N) is 1. The molecule has 2 aromatic rings. The highest BCUT2D eigenvalue weighted by Gasteiger charge is 2.32. The summed E-state index contributed by atoms with van der Waals surface area (Å²) in [5.41, 5.74) is 1.85. The highest BCUT2D eigenvalue weighted by atomic mass is 19.3. The number of amides is 2. The fourth-order valence-electron chi connectivity index (χ4n) is 4.00. The van der Waals surface area contributed by atoms with Crippen molar-refractivity contribution in [2.24, 2.45) is 5.92 Å². The molecule has 7 nitrogen and oxygen atoms in total. The Labute approximate surface area is 177 Å². The van der Waals surface area contributed by atoms with Gasteiger partial charge >= 0.3 is 0 Å². The Hall–Kier alpha value is -2.88. The van der Waals surface area contributed by atoms with Gasteiger partial charge in [0.15, 0.2) is 5.69 Å². The number of likely N-dealkylation sites (tertiary alicyclic amines) is 1. The first kappa shape index (κ1) is 21.4. The summed E-state index contributed by atoms with van der Waals surface area (Å²) >= 11 is 0. The van der Waals surface area contributed by atoms with Gasteiger partial charge < -0.3 is 19.5 Å². The summed E-state index contributed by atoms with van der Waals surface area (Å²) in [7, 11) is 0. The smallest absolute Gasteiger partial charge is 0.274 e. The van der Waals surface area contributed by atoms with E-state index in [0.717, 1.165) is 5.56 Å². The zero-order valence-corrected chi connectivity index (χ0v) is 16.8. The number of piperidine rings is 1. The van der Waals surface area contributed by atoms with Gasteiger partial charge in [0.2, 0.25) is 5.91 Å². The molecule has 2 amide bonds. The molecule has 0 radical (unpaired) electrons. The molecular weight excluding hydrogens is 413 g/mol. The number of aromatic nitrogens is 2. The second-order valence-electron chi connectivity index (χ2n) is 7.75. The van der Waals surface area contributed by atoms with Crippen molar-refractivity contribution in [1.82, 2.24) is 19.8 Å². The lowest BCUT2D eigenvalue weighted by atomic mass is 9.95. The summed E-state index contributed by atoms with van der Waals surface area (Å²) in [6.07, 6.45) is -0.401. The number of benzene rings is 1. The molecule has 31 heavy (non-hydrogen) atoms. The van der Waals surface area contributed by atoms with Crippen LogP contribution < -0.4 is 5.32 Å². The number of ether oxygens (including phenoxy) is 1. The van der Waals surface area contributed by atoms with E-state index in [9.17, 15) is 22.8 Å². The number of carbonyl (C=O) groups excluding carboxylic acids is 2. The third kappa shape index (κ3) is 4.73. The van der Waals surface area contributed by atoms with E-state index in [1.807, 2.05) is 4.57 Å². The van der Waals surface area contributed by atoms with Crippen molar-refractivity contribution < 1.29 is 27.5 Å². The van der Waals surface area contributed by atoms with Crippen LogP contribution in [0.5, 0.6) is 0 Å². The van der Waals surface area contributed by atoms with E-state index in [2.05, 4.69) is 10.3 Å². The molecule has 1 aromatic heterocycles. The van der Waals surface area contributed by atoms with E-state index in [-0.39, 0.29) is 30.4 Å². The van der Waals surface area contributed by atoms with Crippen molar-refractivity contribution in [3.05, 3.63) is 53.4 Å². The van der Waals surface area contributed by atoms with Gasteiger partial charge in [-0.15, -0.1) is 0 Å². The van der Waals surface area contributed by atoms with Crippen LogP contribution in [-0.4, -0.2) is 52.3 Å². The van der Waals surface area contributed by atoms with E-state index >= 15 is 0 Å². The Bertz CT molecular complexity index is 940. The monoisotopic (exact) mass is 436 g/mol. The van der Waals surface area contributed by atoms with Crippen LogP contribution >= 0.6 is 0 Å². The van der Waals surface area contributed by atoms with Gasteiger partial charge in [-0.2, -0.15) is 0 Å².